The number of hydrogen-bond donors (Lipinski definition) is 1. The monoisotopic (exact) mass is 571 g/mol. The van der Waals surface area contributed by atoms with Gasteiger partial charge >= 0.3 is 0 Å². The predicted octanol–water partition coefficient (Wildman–Crippen LogP) is 5.55. The topological polar surface area (TPSA) is 84.1 Å². The maximum absolute atomic E-state index is 13.9. The Hall–Kier alpha value is -5.19. The number of nitriles is 1. The molecule has 208 valence electrons. The molecule has 4 aromatic carbocycles. The van der Waals surface area contributed by atoms with Crippen molar-refractivity contribution < 1.29 is 9.53 Å². The van der Waals surface area contributed by atoms with E-state index in [9.17, 15) is 14.9 Å². The molecule has 5 rings (SSSR count). The Kier molecular flexibility index (Phi) is 8.47. The van der Waals surface area contributed by atoms with Crippen LogP contribution in [0.2, 0.25) is 0 Å². The minimum absolute atomic E-state index is 0.141. The van der Waals surface area contributed by atoms with E-state index in [1.165, 1.54) is 4.57 Å². The van der Waals surface area contributed by atoms with Crippen LogP contribution in [0.25, 0.3) is 17.3 Å². The van der Waals surface area contributed by atoms with Gasteiger partial charge in [-0.05, 0) is 85.0 Å². The lowest BCUT2D eigenvalue weighted by molar-refractivity contribution is -0.111. The summed E-state index contributed by atoms with van der Waals surface area (Å²) in [6, 6.07) is 32.4. The Morgan fingerprint density at radius 3 is 2.40 bits per heavy atom. The number of hydrogen-bond acceptors (Lipinski definition) is 5. The lowest BCUT2D eigenvalue weighted by atomic mass is 10.1. The fraction of sp³-hybridized carbons (Fsp3) is 0.114. The van der Waals surface area contributed by atoms with Gasteiger partial charge in [0, 0.05) is 5.69 Å². The molecular formula is C35H29N3O3S. The van der Waals surface area contributed by atoms with E-state index in [0.717, 1.165) is 39.2 Å². The third-order valence-corrected chi connectivity index (χ3v) is 7.99. The van der Waals surface area contributed by atoms with Crippen LogP contribution in [-0.2, 0) is 11.4 Å². The molecule has 1 amide bonds. The van der Waals surface area contributed by atoms with Gasteiger partial charge in [-0.1, -0.05) is 66.7 Å². The van der Waals surface area contributed by atoms with E-state index >= 15 is 0 Å². The quantitative estimate of drug-likeness (QED) is 0.278. The lowest BCUT2D eigenvalue weighted by Crippen LogP contribution is -2.32. The van der Waals surface area contributed by atoms with Gasteiger partial charge < -0.3 is 10.1 Å². The van der Waals surface area contributed by atoms with E-state index in [2.05, 4.69) is 11.4 Å². The van der Waals surface area contributed by atoms with Crippen LogP contribution in [0.4, 0.5) is 5.69 Å². The Labute approximate surface area is 248 Å². The zero-order chi connectivity index (χ0) is 29.6. The van der Waals surface area contributed by atoms with E-state index in [-0.39, 0.29) is 15.8 Å². The lowest BCUT2D eigenvalue weighted by Gasteiger charge is -2.09. The second-order valence-corrected chi connectivity index (χ2v) is 11.0. The van der Waals surface area contributed by atoms with E-state index in [0.29, 0.717) is 28.3 Å². The smallest absolute Gasteiger partial charge is 0.273 e. The minimum Gasteiger partial charge on any atom is -0.489 e. The highest BCUT2D eigenvalue weighted by molar-refractivity contribution is 7.07. The van der Waals surface area contributed by atoms with Crippen molar-refractivity contribution in [3.05, 3.63) is 144 Å². The van der Waals surface area contributed by atoms with Gasteiger partial charge in [0.25, 0.3) is 11.5 Å². The highest BCUT2D eigenvalue weighted by Crippen LogP contribution is 2.17. The number of carbonyl (C=O) groups excluding carboxylic acids is 1. The zero-order valence-electron chi connectivity index (χ0n) is 23.5. The Balaban J connectivity index is 1.61. The zero-order valence-corrected chi connectivity index (χ0v) is 24.4. The van der Waals surface area contributed by atoms with Gasteiger partial charge in [0.2, 0.25) is 0 Å². The number of carbonyl (C=O) groups is 1. The number of aryl methyl sites for hydroxylation is 3. The molecule has 1 heterocycles. The number of ether oxygens (including phenoxy) is 1. The van der Waals surface area contributed by atoms with Crippen LogP contribution in [0.15, 0.2) is 102 Å². The summed E-state index contributed by atoms with van der Waals surface area (Å²) in [7, 11) is 0. The number of amides is 1. The highest BCUT2D eigenvalue weighted by Gasteiger charge is 2.18. The molecule has 0 saturated heterocycles. The van der Waals surface area contributed by atoms with Gasteiger partial charge in [-0.3, -0.25) is 14.2 Å². The van der Waals surface area contributed by atoms with Crippen molar-refractivity contribution in [1.29, 1.82) is 5.26 Å². The van der Waals surface area contributed by atoms with Crippen molar-refractivity contribution in [1.82, 2.24) is 4.57 Å². The summed E-state index contributed by atoms with van der Waals surface area (Å²) < 4.78 is 8.09. The summed E-state index contributed by atoms with van der Waals surface area (Å²) in [5, 5.41) is 13.0. The number of aromatic nitrogens is 1. The second kappa shape index (κ2) is 12.5. The normalized spacial score (nSPS) is 12.0. The number of anilines is 1. The third kappa shape index (κ3) is 6.25. The van der Waals surface area contributed by atoms with Gasteiger partial charge in [-0.15, -0.1) is 11.3 Å². The molecule has 0 aliphatic carbocycles. The number of rotatable bonds is 7. The van der Waals surface area contributed by atoms with Crippen molar-refractivity contribution in [3.63, 3.8) is 0 Å². The number of nitrogens with zero attached hydrogens (tertiary/aromatic N) is 2. The van der Waals surface area contributed by atoms with Crippen LogP contribution in [0.1, 0.15) is 27.8 Å². The third-order valence-electron chi connectivity index (χ3n) is 6.90. The highest BCUT2D eigenvalue weighted by atomic mass is 32.1. The minimum atomic E-state index is -0.577. The summed E-state index contributed by atoms with van der Waals surface area (Å²) in [6.07, 6.45) is 1.76. The SMILES string of the molecule is Cc1ccc(NC(=O)/C(C#N)=c2\s/c(=C/c3cccc(OCc4ccccc4)c3)c(=O)n2-c2ccccc2C)cc1C. The second-order valence-electron chi connectivity index (χ2n) is 9.93. The number of benzene rings is 4. The van der Waals surface area contributed by atoms with Crippen LogP contribution >= 0.6 is 11.3 Å². The van der Waals surface area contributed by atoms with Gasteiger partial charge in [0.1, 0.15) is 23.1 Å². The van der Waals surface area contributed by atoms with E-state index in [1.54, 1.807) is 12.1 Å². The molecule has 7 heteroatoms. The number of nitrogens with one attached hydrogen (secondary N) is 1. The molecule has 0 radical (unpaired) electrons. The average Bonchev–Trinajstić information content (AvgIpc) is 3.30. The predicted molar refractivity (Wildman–Crippen MR) is 168 cm³/mol. The average molecular weight is 572 g/mol. The Morgan fingerprint density at radius 1 is 0.905 bits per heavy atom. The Bertz CT molecular complexity index is 2000. The summed E-state index contributed by atoms with van der Waals surface area (Å²) in [5.41, 5.74) is 5.51. The number of thiazole rings is 1. The van der Waals surface area contributed by atoms with Crippen LogP contribution in [0.5, 0.6) is 5.75 Å². The first-order valence-corrected chi connectivity index (χ1v) is 14.2. The van der Waals surface area contributed by atoms with Crippen LogP contribution < -0.4 is 24.8 Å². The first-order valence-electron chi connectivity index (χ1n) is 13.4. The fourth-order valence-electron chi connectivity index (χ4n) is 4.48. The van der Waals surface area contributed by atoms with E-state index < -0.39 is 5.91 Å². The summed E-state index contributed by atoms with van der Waals surface area (Å²) in [6.45, 7) is 6.26. The molecule has 0 bridgehead atoms. The molecular weight excluding hydrogens is 542 g/mol. The molecule has 6 nitrogen and oxygen atoms in total. The molecule has 0 saturated carbocycles. The molecule has 1 aromatic heterocycles. The van der Waals surface area contributed by atoms with Crippen molar-refractivity contribution in [2.75, 3.05) is 5.32 Å². The van der Waals surface area contributed by atoms with Crippen molar-refractivity contribution in [2.24, 2.45) is 0 Å². The molecule has 0 atom stereocenters. The van der Waals surface area contributed by atoms with Gasteiger partial charge in [-0.2, -0.15) is 5.26 Å². The molecule has 0 fully saturated rings. The molecule has 0 aliphatic heterocycles. The maximum Gasteiger partial charge on any atom is 0.273 e. The standard InChI is InChI=1S/C35H29N3O3S/c1-23-16-17-28(18-25(23)3)37-33(39)30(21-36)35-38(31-15-8-7-10-24(31)2)34(40)32(42-35)20-27-13-9-14-29(19-27)41-22-26-11-5-4-6-12-26/h4-20H,22H2,1-3H3,(H,37,39)/b32-20+,35-30-. The summed E-state index contributed by atoms with van der Waals surface area (Å²) in [5.74, 6) is 0.0906. The van der Waals surface area contributed by atoms with Crippen molar-refractivity contribution in [3.8, 4) is 17.5 Å². The van der Waals surface area contributed by atoms with Crippen LogP contribution in [-0.4, -0.2) is 10.5 Å². The van der Waals surface area contributed by atoms with E-state index in [4.69, 9.17) is 4.74 Å². The molecule has 42 heavy (non-hydrogen) atoms. The first-order chi connectivity index (χ1) is 20.3. The number of para-hydroxylation sites is 1. The molecule has 1 N–H and O–H groups in total. The van der Waals surface area contributed by atoms with Crippen molar-refractivity contribution in [2.45, 2.75) is 27.4 Å². The van der Waals surface area contributed by atoms with Crippen LogP contribution in [0, 0.1) is 32.1 Å². The maximum atomic E-state index is 13.9. The Morgan fingerprint density at radius 2 is 1.67 bits per heavy atom. The van der Waals surface area contributed by atoms with Gasteiger partial charge in [-0.25, -0.2) is 0 Å². The largest absolute Gasteiger partial charge is 0.489 e. The van der Waals surface area contributed by atoms with Gasteiger partial charge in [0.15, 0.2) is 5.57 Å². The van der Waals surface area contributed by atoms with Gasteiger partial charge in [0.05, 0.1) is 10.2 Å². The molecule has 0 aliphatic rings. The molecule has 0 unspecified atom stereocenters. The fourth-order valence-corrected chi connectivity index (χ4v) is 5.57. The van der Waals surface area contributed by atoms with E-state index in [1.807, 2.05) is 112 Å². The van der Waals surface area contributed by atoms with Crippen molar-refractivity contribution >= 4 is 34.6 Å². The summed E-state index contributed by atoms with van der Waals surface area (Å²) >= 11 is 1.11. The van der Waals surface area contributed by atoms with Crippen LogP contribution in [0.3, 0.4) is 0 Å². The molecule has 0 spiro atoms. The summed E-state index contributed by atoms with van der Waals surface area (Å²) in [4.78, 5) is 27.3. The first kappa shape index (κ1) is 28.3. The molecule has 5 aromatic rings.